The highest BCUT2D eigenvalue weighted by Gasteiger charge is 2.41. The number of nitrogens with one attached hydrogen (secondary N) is 2. The number of hydrogen-bond acceptors (Lipinski definition) is 3. The van der Waals surface area contributed by atoms with E-state index in [0.29, 0.717) is 24.9 Å². The fourth-order valence-corrected chi connectivity index (χ4v) is 3.22. The van der Waals surface area contributed by atoms with Gasteiger partial charge in [0.25, 0.3) is 0 Å². The molecule has 3 heterocycles. The van der Waals surface area contributed by atoms with Gasteiger partial charge in [0.1, 0.15) is 11.7 Å². The molecule has 0 bridgehead atoms. The van der Waals surface area contributed by atoms with Crippen molar-refractivity contribution in [1.29, 1.82) is 0 Å². The number of rotatable bonds is 4. The average Bonchev–Trinajstić information content (AvgIpc) is 3.02. The van der Waals surface area contributed by atoms with Gasteiger partial charge in [-0.3, -0.25) is 0 Å². The summed E-state index contributed by atoms with van der Waals surface area (Å²) in [5.41, 5.74) is -0.234. The number of alkyl halides is 6. The van der Waals surface area contributed by atoms with E-state index >= 15 is 0 Å². The van der Waals surface area contributed by atoms with Crippen LogP contribution in [0.3, 0.4) is 0 Å². The Balaban J connectivity index is 2.12. The van der Waals surface area contributed by atoms with Gasteiger partial charge < -0.3 is 15.2 Å². The molecule has 4 nitrogen and oxygen atoms in total. The molecule has 28 heavy (non-hydrogen) atoms. The van der Waals surface area contributed by atoms with Crippen molar-refractivity contribution in [2.24, 2.45) is 0 Å². The second-order valence-corrected chi connectivity index (χ2v) is 6.88. The number of likely N-dealkylation sites (N-methyl/N-ethyl adjacent to an activating group) is 1. The van der Waals surface area contributed by atoms with Gasteiger partial charge >= 0.3 is 12.4 Å². The fraction of sp³-hybridized carbons (Fsp3) is 0.500. The number of fused-ring (bicyclic) bond motifs is 1. The van der Waals surface area contributed by atoms with Gasteiger partial charge in [-0.15, -0.1) is 0 Å². The molecule has 10 heteroatoms. The van der Waals surface area contributed by atoms with Crippen LogP contribution in [0.5, 0.6) is 0 Å². The second-order valence-electron chi connectivity index (χ2n) is 6.88. The van der Waals surface area contributed by atoms with Gasteiger partial charge in [-0.2, -0.15) is 26.3 Å². The van der Waals surface area contributed by atoms with E-state index in [9.17, 15) is 26.3 Å². The number of aromatic nitrogens is 2. The van der Waals surface area contributed by atoms with Crippen LogP contribution in [-0.2, 0) is 6.18 Å². The van der Waals surface area contributed by atoms with Crippen LogP contribution in [-0.4, -0.2) is 47.2 Å². The smallest absolute Gasteiger partial charge is 0.373 e. The summed E-state index contributed by atoms with van der Waals surface area (Å²) in [5, 5.41) is 2.07. The molecule has 1 aliphatic heterocycles. The van der Waals surface area contributed by atoms with Gasteiger partial charge in [0.2, 0.25) is 0 Å². The zero-order valence-electron chi connectivity index (χ0n) is 15.3. The van der Waals surface area contributed by atoms with Crippen LogP contribution in [0.25, 0.3) is 16.6 Å². The van der Waals surface area contributed by atoms with E-state index < -0.39 is 36.1 Å². The van der Waals surface area contributed by atoms with Crippen molar-refractivity contribution in [3.05, 3.63) is 29.6 Å². The van der Waals surface area contributed by atoms with E-state index in [2.05, 4.69) is 20.2 Å². The van der Waals surface area contributed by atoms with Crippen molar-refractivity contribution in [1.82, 2.24) is 14.9 Å². The molecule has 2 aromatic heterocycles. The second kappa shape index (κ2) is 7.31. The maximum Gasteiger partial charge on any atom is 0.419 e. The molecule has 0 aromatic carbocycles. The maximum absolute atomic E-state index is 13.4. The van der Waals surface area contributed by atoms with Crippen LogP contribution in [0, 0.1) is 0 Å². The van der Waals surface area contributed by atoms with E-state index in [1.807, 2.05) is 13.1 Å². The lowest BCUT2D eigenvalue weighted by atomic mass is 10.0. The van der Waals surface area contributed by atoms with Crippen molar-refractivity contribution in [3.8, 4) is 0 Å². The number of aromatic amines is 1. The van der Waals surface area contributed by atoms with Gasteiger partial charge in [0.05, 0.1) is 11.3 Å². The Morgan fingerprint density at radius 3 is 2.50 bits per heavy atom. The predicted octanol–water partition coefficient (Wildman–Crippen LogP) is 5.05. The molecule has 3 rings (SSSR count). The molecule has 0 aliphatic carbocycles. The zero-order chi connectivity index (χ0) is 20.7. The summed E-state index contributed by atoms with van der Waals surface area (Å²) in [6.07, 6.45) is -6.73. The largest absolute Gasteiger partial charge is 0.419 e. The molecule has 0 unspecified atom stereocenters. The van der Waals surface area contributed by atoms with E-state index in [4.69, 9.17) is 0 Å². The Kier molecular flexibility index (Phi) is 5.35. The number of halogens is 6. The first-order valence-corrected chi connectivity index (χ1v) is 8.80. The van der Waals surface area contributed by atoms with Crippen LogP contribution in [0.1, 0.15) is 31.0 Å². The van der Waals surface area contributed by atoms with Crippen molar-refractivity contribution in [2.75, 3.05) is 25.5 Å². The van der Waals surface area contributed by atoms with Gasteiger partial charge in [0, 0.05) is 30.4 Å². The highest BCUT2D eigenvalue weighted by molar-refractivity contribution is 5.94. The molecule has 1 aliphatic rings. The predicted molar refractivity (Wildman–Crippen MR) is 94.9 cm³/mol. The summed E-state index contributed by atoms with van der Waals surface area (Å²) < 4.78 is 79.9. The zero-order valence-corrected chi connectivity index (χ0v) is 15.3. The SMILES string of the molecule is CC[C@@H](Nc1c(C(F)(F)F)cnc2[nH]c(C3=CCN(C)CC3)cc12)C(F)(F)F. The monoisotopic (exact) mass is 406 g/mol. The van der Waals surface area contributed by atoms with Crippen molar-refractivity contribution >= 4 is 22.3 Å². The number of H-pyrrole nitrogens is 1. The summed E-state index contributed by atoms with van der Waals surface area (Å²) in [6.45, 7) is 2.73. The number of anilines is 1. The maximum atomic E-state index is 13.4. The minimum atomic E-state index is -4.84. The fourth-order valence-electron chi connectivity index (χ4n) is 3.22. The van der Waals surface area contributed by atoms with Gasteiger partial charge in [-0.05, 0) is 31.5 Å². The third kappa shape index (κ3) is 4.11. The normalized spacial score (nSPS) is 17.6. The van der Waals surface area contributed by atoms with Crippen LogP contribution in [0.4, 0.5) is 32.0 Å². The molecule has 2 N–H and O–H groups in total. The van der Waals surface area contributed by atoms with Gasteiger partial charge in [0.15, 0.2) is 0 Å². The lowest BCUT2D eigenvalue weighted by molar-refractivity contribution is -0.144. The molecule has 0 radical (unpaired) electrons. The minimum Gasteiger partial charge on any atom is -0.373 e. The Bertz CT molecular complexity index is 881. The first-order chi connectivity index (χ1) is 13.0. The van der Waals surface area contributed by atoms with Crippen molar-refractivity contribution < 1.29 is 26.3 Å². The third-order valence-corrected chi connectivity index (χ3v) is 4.84. The highest BCUT2D eigenvalue weighted by atomic mass is 19.4. The van der Waals surface area contributed by atoms with Crippen molar-refractivity contribution in [2.45, 2.75) is 38.2 Å². The first kappa shape index (κ1) is 20.5. The molecule has 0 saturated heterocycles. The first-order valence-electron chi connectivity index (χ1n) is 8.80. The van der Waals surface area contributed by atoms with Gasteiger partial charge in [-0.1, -0.05) is 13.0 Å². The molecular formula is C18H20F6N4. The molecule has 0 amide bonds. The Labute approximate surface area is 157 Å². The highest BCUT2D eigenvalue weighted by Crippen LogP contribution is 2.40. The lowest BCUT2D eigenvalue weighted by Gasteiger charge is -2.24. The molecule has 1 atom stereocenters. The molecule has 0 spiro atoms. The Morgan fingerprint density at radius 2 is 1.96 bits per heavy atom. The van der Waals surface area contributed by atoms with E-state index in [-0.39, 0.29) is 11.0 Å². The quantitative estimate of drug-likeness (QED) is 0.699. The third-order valence-electron chi connectivity index (χ3n) is 4.84. The Hall–Kier alpha value is -2.23. The van der Waals surface area contributed by atoms with Crippen LogP contribution >= 0.6 is 0 Å². The summed E-state index contributed by atoms with van der Waals surface area (Å²) in [4.78, 5) is 8.82. The summed E-state index contributed by atoms with van der Waals surface area (Å²) in [6, 6.07) is -0.653. The van der Waals surface area contributed by atoms with Crippen molar-refractivity contribution in [3.63, 3.8) is 0 Å². The molecular weight excluding hydrogens is 386 g/mol. The summed E-state index contributed by atoms with van der Waals surface area (Å²) in [7, 11) is 1.94. The summed E-state index contributed by atoms with van der Waals surface area (Å²) in [5.74, 6) is 0. The number of hydrogen-bond donors (Lipinski definition) is 2. The average molecular weight is 406 g/mol. The molecule has 154 valence electrons. The van der Waals surface area contributed by atoms with E-state index in [1.165, 1.54) is 13.0 Å². The topological polar surface area (TPSA) is 44.0 Å². The standard InChI is InChI=1S/C18H20F6N4/c1-3-14(18(22,23)24)27-15-11-8-13(10-4-6-28(2)7-5-10)26-16(11)25-9-12(15)17(19,20)21/h4,8-9,14H,3,5-7H2,1-2H3,(H2,25,26,27)/t14-/m1/s1. The molecule has 0 fully saturated rings. The van der Waals surface area contributed by atoms with Crippen LogP contribution < -0.4 is 5.32 Å². The lowest BCUT2D eigenvalue weighted by Crippen LogP contribution is -2.36. The number of nitrogens with zero attached hydrogens (tertiary/aromatic N) is 2. The molecule has 0 saturated carbocycles. The van der Waals surface area contributed by atoms with Crippen LogP contribution in [0.2, 0.25) is 0 Å². The summed E-state index contributed by atoms with van der Waals surface area (Å²) >= 11 is 0. The van der Waals surface area contributed by atoms with Crippen LogP contribution in [0.15, 0.2) is 18.3 Å². The van der Waals surface area contributed by atoms with E-state index in [0.717, 1.165) is 12.1 Å². The minimum absolute atomic E-state index is 0.00708. The Morgan fingerprint density at radius 1 is 1.25 bits per heavy atom. The molecule has 2 aromatic rings. The van der Waals surface area contributed by atoms with E-state index in [1.54, 1.807) is 0 Å². The number of pyridine rings is 1. The van der Waals surface area contributed by atoms with Gasteiger partial charge in [-0.25, -0.2) is 4.98 Å².